The fraction of sp³-hybridized carbons (Fsp3) is 0.185. The van der Waals surface area contributed by atoms with Gasteiger partial charge in [-0.1, -0.05) is 48.5 Å². The van der Waals surface area contributed by atoms with Crippen LogP contribution in [0.5, 0.6) is 5.75 Å². The summed E-state index contributed by atoms with van der Waals surface area (Å²) in [6.07, 6.45) is 3.66. The highest BCUT2D eigenvalue weighted by Gasteiger charge is 2.33. The smallest absolute Gasteiger partial charge is 0.266 e. The molecule has 1 aliphatic heterocycles. The number of nitrogens with zero attached hydrogens (tertiary/aromatic N) is 2. The number of rotatable bonds is 6. The molecule has 1 fully saturated rings. The number of carbonyl (C=O) groups is 1. The zero-order valence-electron chi connectivity index (χ0n) is 18.3. The molecule has 1 saturated heterocycles. The highest BCUT2D eigenvalue weighted by molar-refractivity contribution is 8.18. The second kappa shape index (κ2) is 9.88. The topological polar surface area (TPSA) is 52.9 Å². The van der Waals surface area contributed by atoms with Crippen LogP contribution in [0.1, 0.15) is 28.7 Å². The van der Waals surface area contributed by atoms with Gasteiger partial charge in [-0.3, -0.25) is 9.69 Å². The lowest BCUT2D eigenvalue weighted by molar-refractivity contribution is -0.122. The number of para-hydroxylation sites is 1. The van der Waals surface area contributed by atoms with Crippen molar-refractivity contribution in [3.05, 3.63) is 100.0 Å². The minimum absolute atomic E-state index is 0.0267. The zero-order valence-corrected chi connectivity index (χ0v) is 19.1. The Morgan fingerprint density at radius 3 is 2.25 bits per heavy atom. The lowest BCUT2D eigenvalue weighted by Crippen LogP contribution is -2.30. The number of amidine groups is 1. The summed E-state index contributed by atoms with van der Waals surface area (Å²) in [7, 11) is 0. The predicted molar refractivity (Wildman–Crippen MR) is 133 cm³/mol. The number of thioether (sulfide) groups is 1. The molecular weight excluding hydrogens is 416 g/mol. The number of aryl methyl sites for hydroxylation is 3. The minimum Gasteiger partial charge on any atom is -0.507 e. The normalized spacial score (nSPS) is 16.3. The molecule has 3 aromatic carbocycles. The lowest BCUT2D eigenvalue weighted by atomic mass is 10.1. The van der Waals surface area contributed by atoms with Gasteiger partial charge in [0, 0.05) is 6.54 Å². The average molecular weight is 443 g/mol. The average Bonchev–Trinajstić information content (AvgIpc) is 3.07. The van der Waals surface area contributed by atoms with Gasteiger partial charge in [-0.25, -0.2) is 4.99 Å². The maximum absolute atomic E-state index is 13.3. The highest BCUT2D eigenvalue weighted by Crippen LogP contribution is 2.35. The summed E-state index contributed by atoms with van der Waals surface area (Å²) >= 11 is 1.40. The highest BCUT2D eigenvalue weighted by atomic mass is 32.2. The molecule has 0 saturated carbocycles. The second-order valence-electron chi connectivity index (χ2n) is 7.89. The van der Waals surface area contributed by atoms with E-state index in [-0.39, 0.29) is 5.91 Å². The summed E-state index contributed by atoms with van der Waals surface area (Å²) in [4.78, 5) is 20.5. The van der Waals surface area contributed by atoms with E-state index in [1.807, 2.05) is 80.6 Å². The number of amides is 1. The Bertz CT molecular complexity index is 1150. The monoisotopic (exact) mass is 442 g/mol. The van der Waals surface area contributed by atoms with Crippen LogP contribution in [0.4, 0.5) is 5.69 Å². The van der Waals surface area contributed by atoms with Gasteiger partial charge in [0.25, 0.3) is 5.91 Å². The van der Waals surface area contributed by atoms with Crippen LogP contribution in [0, 0.1) is 13.8 Å². The van der Waals surface area contributed by atoms with Gasteiger partial charge in [0.2, 0.25) is 0 Å². The molecule has 0 aliphatic carbocycles. The molecule has 0 atom stereocenters. The van der Waals surface area contributed by atoms with Gasteiger partial charge in [-0.05, 0) is 91.0 Å². The molecule has 3 aromatic rings. The van der Waals surface area contributed by atoms with Gasteiger partial charge in [0.1, 0.15) is 5.75 Å². The van der Waals surface area contributed by atoms with Crippen LogP contribution in [0.3, 0.4) is 0 Å². The van der Waals surface area contributed by atoms with Crippen molar-refractivity contribution in [2.45, 2.75) is 26.7 Å². The lowest BCUT2D eigenvalue weighted by Gasteiger charge is -2.15. The summed E-state index contributed by atoms with van der Waals surface area (Å²) in [5.74, 6) is 0.271. The Labute approximate surface area is 193 Å². The number of phenolic OH excluding ortho intramolecular Hbond substituents is 1. The summed E-state index contributed by atoms with van der Waals surface area (Å²) < 4.78 is 0. The van der Waals surface area contributed by atoms with E-state index in [0.29, 0.717) is 22.4 Å². The molecule has 0 radical (unpaired) electrons. The van der Waals surface area contributed by atoms with Crippen molar-refractivity contribution in [3.63, 3.8) is 0 Å². The van der Waals surface area contributed by atoms with Crippen LogP contribution in [-0.2, 0) is 11.2 Å². The van der Waals surface area contributed by atoms with Crippen molar-refractivity contribution in [1.29, 1.82) is 0 Å². The van der Waals surface area contributed by atoms with E-state index >= 15 is 0 Å². The Hall–Kier alpha value is -3.31. The standard InChI is InChI=1S/C27H26N2O2S/c1-19-16-22(17-20(2)25(19)30)18-24-26(31)29(15-9-12-21-10-5-3-6-11-21)27(32-24)28-23-13-7-4-8-14-23/h3-8,10-11,13-14,16-18,30H,9,12,15H2,1-2H3. The SMILES string of the molecule is Cc1cc(C=C2SC(=Nc3ccccc3)N(CCCc3ccccc3)C2=O)cc(C)c1O. The molecule has 1 amide bonds. The van der Waals surface area contributed by atoms with E-state index in [2.05, 4.69) is 12.1 Å². The first-order valence-electron chi connectivity index (χ1n) is 10.7. The van der Waals surface area contributed by atoms with Crippen LogP contribution in [-0.4, -0.2) is 27.6 Å². The van der Waals surface area contributed by atoms with Crippen molar-refractivity contribution in [2.24, 2.45) is 4.99 Å². The van der Waals surface area contributed by atoms with Crippen LogP contribution >= 0.6 is 11.8 Å². The molecule has 32 heavy (non-hydrogen) atoms. The fourth-order valence-corrected chi connectivity index (χ4v) is 4.74. The van der Waals surface area contributed by atoms with E-state index in [1.165, 1.54) is 17.3 Å². The molecule has 0 unspecified atom stereocenters. The van der Waals surface area contributed by atoms with Gasteiger partial charge >= 0.3 is 0 Å². The minimum atomic E-state index is -0.0267. The van der Waals surface area contributed by atoms with E-state index in [1.54, 1.807) is 4.90 Å². The Morgan fingerprint density at radius 1 is 0.969 bits per heavy atom. The quantitative estimate of drug-likeness (QED) is 0.459. The Balaban J connectivity index is 1.60. The molecule has 1 heterocycles. The van der Waals surface area contributed by atoms with Crippen molar-refractivity contribution in [3.8, 4) is 5.75 Å². The van der Waals surface area contributed by atoms with E-state index < -0.39 is 0 Å². The first-order chi connectivity index (χ1) is 15.5. The first-order valence-corrected chi connectivity index (χ1v) is 11.5. The Morgan fingerprint density at radius 2 is 1.59 bits per heavy atom. The number of phenols is 1. The van der Waals surface area contributed by atoms with Gasteiger partial charge in [0.05, 0.1) is 10.6 Å². The van der Waals surface area contributed by atoms with E-state index in [0.717, 1.165) is 35.2 Å². The number of aliphatic imine (C=N–C) groups is 1. The molecule has 0 aromatic heterocycles. The van der Waals surface area contributed by atoms with Gasteiger partial charge in [-0.2, -0.15) is 0 Å². The molecule has 4 nitrogen and oxygen atoms in total. The molecule has 0 bridgehead atoms. The van der Waals surface area contributed by atoms with E-state index in [9.17, 15) is 9.90 Å². The number of aromatic hydroxyl groups is 1. The number of hydrogen-bond acceptors (Lipinski definition) is 4. The largest absolute Gasteiger partial charge is 0.507 e. The number of benzene rings is 3. The molecule has 1 aliphatic rings. The van der Waals surface area contributed by atoms with Gasteiger partial charge in [-0.15, -0.1) is 0 Å². The molecule has 5 heteroatoms. The third kappa shape index (κ3) is 5.11. The van der Waals surface area contributed by atoms with Crippen LogP contribution in [0.25, 0.3) is 6.08 Å². The summed E-state index contributed by atoms with van der Waals surface area (Å²) in [6.45, 7) is 4.34. The molecule has 162 valence electrons. The maximum Gasteiger partial charge on any atom is 0.266 e. The van der Waals surface area contributed by atoms with Crippen molar-refractivity contribution in [1.82, 2.24) is 4.90 Å². The van der Waals surface area contributed by atoms with Crippen molar-refractivity contribution >= 4 is 34.6 Å². The predicted octanol–water partition coefficient (Wildman–Crippen LogP) is 6.25. The van der Waals surface area contributed by atoms with E-state index in [4.69, 9.17) is 4.99 Å². The zero-order chi connectivity index (χ0) is 22.5. The third-order valence-corrected chi connectivity index (χ3v) is 6.38. The molecule has 1 N–H and O–H groups in total. The summed E-state index contributed by atoms with van der Waals surface area (Å²) in [5, 5.41) is 10.8. The van der Waals surface area contributed by atoms with Crippen LogP contribution in [0.2, 0.25) is 0 Å². The van der Waals surface area contributed by atoms with Crippen LogP contribution in [0.15, 0.2) is 82.7 Å². The summed E-state index contributed by atoms with van der Waals surface area (Å²) in [6, 6.07) is 23.8. The molecule has 0 spiro atoms. The fourth-order valence-electron chi connectivity index (χ4n) is 3.71. The second-order valence-corrected chi connectivity index (χ2v) is 8.90. The Kier molecular flexibility index (Phi) is 6.76. The van der Waals surface area contributed by atoms with Crippen LogP contribution < -0.4 is 0 Å². The summed E-state index contributed by atoms with van der Waals surface area (Å²) in [5.41, 5.74) is 4.59. The van der Waals surface area contributed by atoms with Gasteiger partial charge in [0.15, 0.2) is 5.17 Å². The molecule has 4 rings (SSSR count). The maximum atomic E-state index is 13.3. The third-order valence-electron chi connectivity index (χ3n) is 5.37. The number of carbonyl (C=O) groups excluding carboxylic acids is 1. The van der Waals surface area contributed by atoms with Crippen molar-refractivity contribution < 1.29 is 9.90 Å². The number of hydrogen-bond donors (Lipinski definition) is 1. The molecular formula is C27H26N2O2S. The van der Waals surface area contributed by atoms with Gasteiger partial charge < -0.3 is 5.11 Å². The first kappa shape index (κ1) is 21.9. The van der Waals surface area contributed by atoms with Crippen molar-refractivity contribution in [2.75, 3.05) is 6.54 Å².